The molecule has 0 saturated heterocycles. The molecule has 0 fully saturated rings. The van der Waals surface area contributed by atoms with Gasteiger partial charge in [0.15, 0.2) is 5.65 Å². The van der Waals surface area contributed by atoms with Crippen LogP contribution in [0, 0.1) is 0 Å². The van der Waals surface area contributed by atoms with E-state index in [0.717, 1.165) is 11.3 Å². The van der Waals surface area contributed by atoms with Crippen LogP contribution in [-0.4, -0.2) is 32.6 Å². The molecule has 3 aromatic heterocycles. The molecule has 3 rings (SSSR count). The average molecular weight is 353 g/mol. The zero-order chi connectivity index (χ0) is 18.7. The first-order valence-corrected chi connectivity index (χ1v) is 8.44. The van der Waals surface area contributed by atoms with E-state index in [-0.39, 0.29) is 17.9 Å². The average Bonchev–Trinajstić information content (AvgIpc) is 3.06. The summed E-state index contributed by atoms with van der Waals surface area (Å²) in [7, 11) is 1.59. The molecule has 0 bridgehead atoms. The molecule has 1 N–H and O–H groups in total. The Balaban J connectivity index is 1.94. The molecular formula is C19H23N5O2. The van der Waals surface area contributed by atoms with E-state index in [2.05, 4.69) is 41.2 Å². The van der Waals surface area contributed by atoms with Gasteiger partial charge in [0.1, 0.15) is 0 Å². The number of pyridine rings is 1. The van der Waals surface area contributed by atoms with Crippen molar-refractivity contribution in [2.45, 2.75) is 39.3 Å². The minimum absolute atomic E-state index is 0.110. The first-order chi connectivity index (χ1) is 12.4. The van der Waals surface area contributed by atoms with Crippen LogP contribution in [0.2, 0.25) is 0 Å². The van der Waals surface area contributed by atoms with Gasteiger partial charge in [-0.15, -0.1) is 0 Å². The van der Waals surface area contributed by atoms with E-state index in [1.165, 1.54) is 0 Å². The first-order valence-electron chi connectivity index (χ1n) is 8.44. The van der Waals surface area contributed by atoms with Crippen LogP contribution in [0.3, 0.4) is 0 Å². The third-order valence-corrected chi connectivity index (χ3v) is 4.05. The minimum atomic E-state index is -0.219. The van der Waals surface area contributed by atoms with Crippen molar-refractivity contribution in [2.24, 2.45) is 0 Å². The summed E-state index contributed by atoms with van der Waals surface area (Å²) >= 11 is 0. The van der Waals surface area contributed by atoms with Gasteiger partial charge in [0.25, 0.3) is 5.91 Å². The van der Waals surface area contributed by atoms with E-state index < -0.39 is 0 Å². The maximum atomic E-state index is 12.7. The number of hydrogen-bond acceptors (Lipinski definition) is 5. The van der Waals surface area contributed by atoms with E-state index in [0.29, 0.717) is 23.4 Å². The van der Waals surface area contributed by atoms with Crippen molar-refractivity contribution in [1.29, 1.82) is 0 Å². The monoisotopic (exact) mass is 353 g/mol. The Kier molecular flexibility index (Phi) is 4.99. The van der Waals surface area contributed by atoms with Crippen molar-refractivity contribution in [3.05, 3.63) is 59.3 Å². The van der Waals surface area contributed by atoms with Crippen LogP contribution in [0.4, 0.5) is 0 Å². The number of fused-ring (bicyclic) bond motifs is 1. The van der Waals surface area contributed by atoms with Crippen LogP contribution in [0.25, 0.3) is 5.65 Å². The normalized spacial score (nSPS) is 11.7. The van der Waals surface area contributed by atoms with Crippen molar-refractivity contribution in [2.75, 3.05) is 7.11 Å². The van der Waals surface area contributed by atoms with Gasteiger partial charge in [0, 0.05) is 43.7 Å². The van der Waals surface area contributed by atoms with Crippen LogP contribution >= 0.6 is 0 Å². The van der Waals surface area contributed by atoms with Crippen molar-refractivity contribution in [3.8, 4) is 0 Å². The molecule has 1 amide bonds. The SMILES string of the molecule is COCc1c(C(=O)NCc2cccnc2)cnc2cc(C(C)(C)C)nn12. The van der Waals surface area contributed by atoms with Gasteiger partial charge in [-0.25, -0.2) is 9.50 Å². The Morgan fingerprint density at radius 1 is 1.31 bits per heavy atom. The number of nitrogens with zero attached hydrogens (tertiary/aromatic N) is 4. The van der Waals surface area contributed by atoms with Crippen molar-refractivity contribution >= 4 is 11.6 Å². The number of rotatable bonds is 5. The van der Waals surface area contributed by atoms with Gasteiger partial charge >= 0.3 is 0 Å². The summed E-state index contributed by atoms with van der Waals surface area (Å²) in [6.45, 7) is 6.92. The highest BCUT2D eigenvalue weighted by molar-refractivity contribution is 5.95. The molecule has 0 saturated carbocycles. The fourth-order valence-corrected chi connectivity index (χ4v) is 2.59. The highest BCUT2D eigenvalue weighted by atomic mass is 16.5. The predicted molar refractivity (Wildman–Crippen MR) is 97.8 cm³/mol. The Labute approximate surface area is 152 Å². The smallest absolute Gasteiger partial charge is 0.255 e. The van der Waals surface area contributed by atoms with Gasteiger partial charge in [-0.2, -0.15) is 5.10 Å². The second kappa shape index (κ2) is 7.21. The highest BCUT2D eigenvalue weighted by Gasteiger charge is 2.22. The van der Waals surface area contributed by atoms with Gasteiger partial charge in [-0.3, -0.25) is 9.78 Å². The number of carbonyl (C=O) groups is 1. The summed E-state index contributed by atoms with van der Waals surface area (Å²) in [4.78, 5) is 21.2. The second-order valence-electron chi connectivity index (χ2n) is 7.15. The maximum absolute atomic E-state index is 12.7. The number of nitrogens with one attached hydrogen (secondary N) is 1. The maximum Gasteiger partial charge on any atom is 0.255 e. The fraction of sp³-hybridized carbons (Fsp3) is 0.368. The topological polar surface area (TPSA) is 81.4 Å². The summed E-state index contributed by atoms with van der Waals surface area (Å²) in [5.41, 5.74) is 3.56. The minimum Gasteiger partial charge on any atom is -0.378 e. The number of hydrogen-bond donors (Lipinski definition) is 1. The lowest BCUT2D eigenvalue weighted by molar-refractivity contribution is 0.0944. The molecule has 0 aliphatic carbocycles. The predicted octanol–water partition coefficient (Wildman–Crippen LogP) is 2.50. The van der Waals surface area contributed by atoms with E-state index in [1.54, 1.807) is 30.2 Å². The van der Waals surface area contributed by atoms with Gasteiger partial charge in [0.05, 0.1) is 23.6 Å². The molecular weight excluding hydrogens is 330 g/mol. The molecule has 0 aliphatic heterocycles. The van der Waals surface area contributed by atoms with Gasteiger partial charge in [0.2, 0.25) is 0 Å². The molecule has 0 atom stereocenters. The number of aromatic nitrogens is 4. The molecule has 136 valence electrons. The van der Waals surface area contributed by atoms with Gasteiger partial charge in [-0.1, -0.05) is 26.8 Å². The van der Waals surface area contributed by atoms with Crippen molar-refractivity contribution < 1.29 is 9.53 Å². The van der Waals surface area contributed by atoms with Crippen LogP contribution in [-0.2, 0) is 23.3 Å². The number of ether oxygens (including phenoxy) is 1. The molecule has 3 aromatic rings. The van der Waals surface area contributed by atoms with Gasteiger partial charge in [-0.05, 0) is 11.6 Å². The first kappa shape index (κ1) is 18.0. The molecule has 0 radical (unpaired) electrons. The second-order valence-corrected chi connectivity index (χ2v) is 7.15. The van der Waals surface area contributed by atoms with Gasteiger partial charge < -0.3 is 10.1 Å². The third kappa shape index (κ3) is 3.72. The zero-order valence-electron chi connectivity index (χ0n) is 15.5. The number of amides is 1. The number of carbonyl (C=O) groups excluding carboxylic acids is 1. The van der Waals surface area contributed by atoms with Crippen molar-refractivity contribution in [3.63, 3.8) is 0 Å². The summed E-state index contributed by atoms with van der Waals surface area (Å²) < 4.78 is 7.00. The standard InChI is InChI=1S/C19H23N5O2/c1-19(2,3)16-8-17-21-11-14(15(12-26-4)24(17)23-16)18(25)22-10-13-6-5-7-20-9-13/h5-9,11H,10,12H2,1-4H3,(H,22,25). The van der Waals surface area contributed by atoms with Crippen molar-refractivity contribution in [1.82, 2.24) is 24.9 Å². The molecule has 0 aromatic carbocycles. The molecule has 0 aliphatic rings. The Morgan fingerprint density at radius 2 is 2.12 bits per heavy atom. The quantitative estimate of drug-likeness (QED) is 0.762. The Bertz CT molecular complexity index is 913. The summed E-state index contributed by atoms with van der Waals surface area (Å²) in [5, 5.41) is 7.55. The molecule has 3 heterocycles. The van der Waals surface area contributed by atoms with E-state index in [9.17, 15) is 4.79 Å². The van der Waals surface area contributed by atoms with Crippen LogP contribution in [0.15, 0.2) is 36.8 Å². The molecule has 7 nitrogen and oxygen atoms in total. The third-order valence-electron chi connectivity index (χ3n) is 4.05. The lowest BCUT2D eigenvalue weighted by Crippen LogP contribution is -2.25. The van der Waals surface area contributed by atoms with Crippen LogP contribution < -0.4 is 5.32 Å². The zero-order valence-corrected chi connectivity index (χ0v) is 15.5. The fourth-order valence-electron chi connectivity index (χ4n) is 2.59. The Morgan fingerprint density at radius 3 is 2.77 bits per heavy atom. The lowest BCUT2D eigenvalue weighted by Gasteiger charge is -2.14. The summed E-state index contributed by atoms with van der Waals surface area (Å²) in [5.74, 6) is -0.219. The molecule has 0 unspecified atom stereocenters. The molecule has 26 heavy (non-hydrogen) atoms. The molecule has 7 heteroatoms. The summed E-state index contributed by atoms with van der Waals surface area (Å²) in [6, 6.07) is 5.69. The van der Waals surface area contributed by atoms with E-state index in [4.69, 9.17) is 4.74 Å². The Hall–Kier alpha value is -2.80. The largest absolute Gasteiger partial charge is 0.378 e. The van der Waals surface area contributed by atoms with E-state index >= 15 is 0 Å². The van der Waals surface area contributed by atoms with E-state index in [1.807, 2.05) is 18.2 Å². The summed E-state index contributed by atoms with van der Waals surface area (Å²) in [6.07, 6.45) is 5.00. The highest BCUT2D eigenvalue weighted by Crippen LogP contribution is 2.23. The van der Waals surface area contributed by atoms with Crippen LogP contribution in [0.5, 0.6) is 0 Å². The number of methoxy groups -OCH3 is 1. The molecule has 0 spiro atoms. The lowest BCUT2D eigenvalue weighted by atomic mass is 9.93. The van der Waals surface area contributed by atoms with Crippen LogP contribution in [0.1, 0.15) is 48.1 Å².